The third-order valence-electron chi connectivity index (χ3n) is 6.35. The maximum atomic E-state index is 13.3. The molecule has 0 bridgehead atoms. The zero-order valence-corrected chi connectivity index (χ0v) is 24.3. The van der Waals surface area contributed by atoms with E-state index in [2.05, 4.69) is 9.88 Å². The number of ether oxygens (including phenoxy) is 1. The summed E-state index contributed by atoms with van der Waals surface area (Å²) in [4.78, 5) is 39.6. The number of carbonyl (C=O) groups is 3. The van der Waals surface area contributed by atoms with Crippen LogP contribution in [0.3, 0.4) is 0 Å². The Morgan fingerprint density at radius 2 is 1.59 bits per heavy atom. The molecule has 0 saturated carbocycles. The minimum atomic E-state index is -5.08. The number of sulfonamides is 1. The Hall–Kier alpha value is -3.75. The van der Waals surface area contributed by atoms with Crippen molar-refractivity contribution in [3.05, 3.63) is 42.0 Å². The first kappa shape index (κ1) is 36.4. The molecule has 0 spiro atoms. The lowest BCUT2D eigenvalue weighted by molar-refractivity contribution is -0.193. The molecule has 44 heavy (non-hydrogen) atoms. The van der Waals surface area contributed by atoms with Crippen molar-refractivity contribution >= 4 is 27.9 Å². The molecule has 20 heteroatoms. The van der Waals surface area contributed by atoms with Crippen LogP contribution in [0, 0.1) is 0 Å². The number of likely N-dealkylation sites (tertiary alicyclic amines) is 1. The molecule has 1 fully saturated rings. The van der Waals surface area contributed by atoms with Crippen LogP contribution in [0.15, 0.2) is 35.5 Å². The minimum Gasteiger partial charge on any atom is -0.475 e. The van der Waals surface area contributed by atoms with E-state index in [-0.39, 0.29) is 30.5 Å². The topological polar surface area (TPSA) is 163 Å². The van der Waals surface area contributed by atoms with E-state index < -0.39 is 34.3 Å². The highest BCUT2D eigenvalue weighted by molar-refractivity contribution is 7.89. The molecule has 1 aromatic carbocycles. The van der Waals surface area contributed by atoms with E-state index in [4.69, 9.17) is 24.5 Å². The van der Waals surface area contributed by atoms with Crippen molar-refractivity contribution in [3.63, 3.8) is 0 Å². The second-order valence-electron chi connectivity index (χ2n) is 9.47. The van der Waals surface area contributed by atoms with Gasteiger partial charge < -0.3 is 24.7 Å². The molecule has 0 radical (unpaired) electrons. The Morgan fingerprint density at radius 3 is 2.07 bits per heavy atom. The molecule has 1 aromatic heterocycles. The van der Waals surface area contributed by atoms with Crippen LogP contribution in [0.2, 0.25) is 0 Å². The molecule has 1 saturated heterocycles. The molecule has 13 nitrogen and oxygen atoms in total. The minimum absolute atomic E-state index is 0.0619. The second kappa shape index (κ2) is 14.4. The molecule has 2 N–H and O–H groups in total. The number of halogens is 6. The number of aliphatic carboxylic acids is 2. The highest BCUT2D eigenvalue weighted by Gasteiger charge is 2.39. The number of benzene rings is 1. The van der Waals surface area contributed by atoms with Gasteiger partial charge in [-0.05, 0) is 32.6 Å². The average Bonchev–Trinajstić information content (AvgIpc) is 3.56. The molecular formula is C24H29F6N5O8S. The van der Waals surface area contributed by atoms with Gasteiger partial charge in [0.25, 0.3) is 5.91 Å². The summed E-state index contributed by atoms with van der Waals surface area (Å²) in [6.45, 7) is 1.82. The number of carboxylic acid groups (broad SMARTS) is 2. The fraction of sp³-hybridized carbons (Fsp3) is 0.500. The van der Waals surface area contributed by atoms with Crippen LogP contribution >= 0.6 is 0 Å². The Bertz CT molecular complexity index is 1420. The number of alkyl halides is 6. The molecule has 3 heterocycles. The van der Waals surface area contributed by atoms with Crippen LogP contribution < -0.4 is 0 Å². The van der Waals surface area contributed by atoms with E-state index in [0.717, 1.165) is 6.42 Å². The summed E-state index contributed by atoms with van der Waals surface area (Å²) in [6.07, 6.45) is -7.71. The summed E-state index contributed by atoms with van der Waals surface area (Å²) < 4.78 is 98.3. The predicted molar refractivity (Wildman–Crippen MR) is 138 cm³/mol. The Kier molecular flexibility index (Phi) is 11.9. The summed E-state index contributed by atoms with van der Waals surface area (Å²) in [5.74, 6) is -5.67. The highest BCUT2D eigenvalue weighted by Crippen LogP contribution is 2.32. The summed E-state index contributed by atoms with van der Waals surface area (Å²) in [6, 6.07) is 7.12. The predicted octanol–water partition coefficient (Wildman–Crippen LogP) is 2.07. The third-order valence-corrected chi connectivity index (χ3v) is 8.24. The van der Waals surface area contributed by atoms with Crippen molar-refractivity contribution in [2.24, 2.45) is 0 Å². The summed E-state index contributed by atoms with van der Waals surface area (Å²) >= 11 is 0. The van der Waals surface area contributed by atoms with Gasteiger partial charge in [-0.1, -0.05) is 12.1 Å². The summed E-state index contributed by atoms with van der Waals surface area (Å²) in [5, 5.41) is 14.2. The fourth-order valence-corrected chi connectivity index (χ4v) is 5.63. The summed E-state index contributed by atoms with van der Waals surface area (Å²) in [7, 11) is 1.82. The normalized spacial score (nSPS) is 17.8. The maximum Gasteiger partial charge on any atom is 0.490 e. The number of fused-ring (bicyclic) bond motifs is 3. The monoisotopic (exact) mass is 661 g/mol. The maximum absolute atomic E-state index is 13.3. The van der Waals surface area contributed by atoms with Crippen LogP contribution in [0.25, 0.3) is 5.69 Å². The van der Waals surface area contributed by atoms with Crippen LogP contribution in [0.4, 0.5) is 26.3 Å². The molecular weight excluding hydrogens is 632 g/mol. The molecule has 0 aliphatic carbocycles. The molecule has 2 aliphatic rings. The number of rotatable bonds is 5. The number of imidazole rings is 1. The molecule has 4 rings (SSSR count). The SMILES string of the molecule is COCCN1Cc2c(C(=O)N3CCC(N(C)C)C3)ncn2-c2ccccc2S1(=O)=O.O=C(O)C(F)(F)F.O=C(O)C(F)(F)F. The zero-order chi connectivity index (χ0) is 33.6. The molecule has 2 aromatic rings. The first-order valence-electron chi connectivity index (χ1n) is 12.4. The smallest absolute Gasteiger partial charge is 0.475 e. The van der Waals surface area contributed by atoms with Gasteiger partial charge in [-0.2, -0.15) is 30.6 Å². The lowest BCUT2D eigenvalue weighted by Gasteiger charge is -2.21. The summed E-state index contributed by atoms with van der Waals surface area (Å²) in [5.41, 5.74) is 1.40. The largest absolute Gasteiger partial charge is 0.490 e. The zero-order valence-electron chi connectivity index (χ0n) is 23.5. The van der Waals surface area contributed by atoms with Crippen molar-refractivity contribution in [2.45, 2.75) is 36.3 Å². The lowest BCUT2D eigenvalue weighted by Crippen LogP contribution is -2.36. The Morgan fingerprint density at radius 1 is 1.05 bits per heavy atom. The number of methoxy groups -OCH3 is 1. The highest BCUT2D eigenvalue weighted by atomic mass is 32.2. The first-order chi connectivity index (χ1) is 20.2. The van der Waals surface area contributed by atoms with E-state index in [1.54, 1.807) is 40.1 Å². The fourth-order valence-electron chi connectivity index (χ4n) is 4.07. The Balaban J connectivity index is 0.000000402. The van der Waals surface area contributed by atoms with Gasteiger partial charge in [-0.3, -0.25) is 9.36 Å². The molecule has 1 amide bonds. The van der Waals surface area contributed by atoms with Crippen LogP contribution in [-0.4, -0.2) is 126 Å². The van der Waals surface area contributed by atoms with E-state index in [1.165, 1.54) is 11.4 Å². The van der Waals surface area contributed by atoms with Gasteiger partial charge in [0.1, 0.15) is 11.2 Å². The first-order valence-corrected chi connectivity index (χ1v) is 13.9. The number of aromatic nitrogens is 2. The van der Waals surface area contributed by atoms with Crippen molar-refractivity contribution in [1.82, 2.24) is 23.7 Å². The van der Waals surface area contributed by atoms with Gasteiger partial charge in [0.2, 0.25) is 10.0 Å². The second-order valence-corrected chi connectivity index (χ2v) is 11.4. The molecule has 246 valence electrons. The number of hydrogen-bond acceptors (Lipinski definition) is 8. The van der Waals surface area contributed by atoms with Gasteiger partial charge in [0, 0.05) is 32.8 Å². The van der Waals surface area contributed by atoms with Gasteiger partial charge in [0.15, 0.2) is 5.69 Å². The van der Waals surface area contributed by atoms with Gasteiger partial charge in [-0.15, -0.1) is 0 Å². The molecule has 1 unspecified atom stereocenters. The van der Waals surface area contributed by atoms with E-state index in [1.807, 2.05) is 14.1 Å². The Labute approximate surface area is 247 Å². The van der Waals surface area contributed by atoms with Crippen LogP contribution in [0.5, 0.6) is 0 Å². The van der Waals surface area contributed by atoms with E-state index in [9.17, 15) is 39.6 Å². The van der Waals surface area contributed by atoms with Crippen LogP contribution in [-0.2, 0) is 30.9 Å². The number of carboxylic acids is 2. The van der Waals surface area contributed by atoms with E-state index >= 15 is 0 Å². The van der Waals surface area contributed by atoms with Gasteiger partial charge >= 0.3 is 24.3 Å². The van der Waals surface area contributed by atoms with Gasteiger partial charge in [0.05, 0.1) is 24.5 Å². The number of nitrogens with zero attached hydrogens (tertiary/aromatic N) is 5. The van der Waals surface area contributed by atoms with Crippen molar-refractivity contribution in [2.75, 3.05) is 47.4 Å². The number of carbonyl (C=O) groups excluding carboxylic acids is 1. The van der Waals surface area contributed by atoms with Crippen molar-refractivity contribution in [1.29, 1.82) is 0 Å². The van der Waals surface area contributed by atoms with Crippen molar-refractivity contribution in [3.8, 4) is 5.69 Å². The average molecular weight is 662 g/mol. The van der Waals surface area contributed by atoms with Crippen LogP contribution in [0.1, 0.15) is 22.6 Å². The quantitative estimate of drug-likeness (QED) is 0.454. The molecule has 1 atom stereocenters. The number of hydrogen-bond donors (Lipinski definition) is 2. The number of amides is 1. The number of para-hydroxylation sites is 1. The third kappa shape index (κ3) is 8.89. The standard InChI is InChI=1S/C20H27N5O4S.2C2HF3O2/c1-22(2)15-8-9-23(12-15)20(26)19-17-13-24(10-11-29-3)30(27,28)18-7-5-4-6-16(18)25(17)14-21-19;2*3-2(4,5)1(6)7/h4-7,14-15H,8-13H2,1-3H3;2*(H,6,7). The van der Waals surface area contributed by atoms with E-state index in [0.29, 0.717) is 36.2 Å². The lowest BCUT2D eigenvalue weighted by atomic mass is 10.2. The number of likely N-dealkylation sites (N-methyl/N-ethyl adjacent to an activating group) is 1. The van der Waals surface area contributed by atoms with Gasteiger partial charge in [-0.25, -0.2) is 23.0 Å². The van der Waals surface area contributed by atoms with Crippen molar-refractivity contribution < 1.29 is 64.1 Å². The molecule has 2 aliphatic heterocycles.